The lowest BCUT2D eigenvalue weighted by Gasteiger charge is -2.34. The SMILES string of the molecule is COCC(=O)N(CCCN)C(c1oc2cc(F)ccc2c(=O)c1Cc1cccc(OC)c1)C(C)C. The maximum absolute atomic E-state index is 14.1. The average Bonchev–Trinajstić information content (AvgIpc) is 2.83. The molecule has 0 aliphatic rings. The maximum Gasteiger partial charge on any atom is 0.249 e. The van der Waals surface area contributed by atoms with Crippen molar-refractivity contribution in [1.82, 2.24) is 4.90 Å². The fourth-order valence-electron chi connectivity index (χ4n) is 4.31. The van der Waals surface area contributed by atoms with Gasteiger partial charge in [-0.25, -0.2) is 4.39 Å². The second-order valence-corrected chi connectivity index (χ2v) is 8.79. The molecule has 1 heterocycles. The molecule has 0 saturated carbocycles. The van der Waals surface area contributed by atoms with Gasteiger partial charge in [0.25, 0.3) is 0 Å². The van der Waals surface area contributed by atoms with Crippen LogP contribution < -0.4 is 15.9 Å². The van der Waals surface area contributed by atoms with E-state index in [2.05, 4.69) is 0 Å². The minimum Gasteiger partial charge on any atom is -0.497 e. The first-order valence-corrected chi connectivity index (χ1v) is 11.7. The van der Waals surface area contributed by atoms with Gasteiger partial charge < -0.3 is 24.5 Å². The number of carbonyl (C=O) groups is 1. The van der Waals surface area contributed by atoms with Crippen molar-refractivity contribution < 1.29 is 23.1 Å². The van der Waals surface area contributed by atoms with Crippen LogP contribution in [-0.4, -0.2) is 44.7 Å². The van der Waals surface area contributed by atoms with Crippen molar-refractivity contribution in [2.45, 2.75) is 32.7 Å². The Balaban J connectivity index is 2.26. The van der Waals surface area contributed by atoms with Crippen molar-refractivity contribution >= 4 is 16.9 Å². The van der Waals surface area contributed by atoms with E-state index in [4.69, 9.17) is 19.6 Å². The van der Waals surface area contributed by atoms with Gasteiger partial charge in [0, 0.05) is 31.7 Å². The van der Waals surface area contributed by atoms with Crippen LogP contribution >= 0.6 is 0 Å². The third-order valence-corrected chi connectivity index (χ3v) is 5.92. The molecule has 0 aliphatic heterocycles. The van der Waals surface area contributed by atoms with E-state index < -0.39 is 11.9 Å². The number of hydrogen-bond donors (Lipinski definition) is 1. The first kappa shape index (κ1) is 26.4. The lowest BCUT2D eigenvalue weighted by atomic mass is 9.92. The molecule has 0 bridgehead atoms. The smallest absolute Gasteiger partial charge is 0.249 e. The Morgan fingerprint density at radius 1 is 1.17 bits per heavy atom. The molecule has 1 unspecified atom stereocenters. The third-order valence-electron chi connectivity index (χ3n) is 5.92. The summed E-state index contributed by atoms with van der Waals surface area (Å²) in [7, 11) is 3.03. The third kappa shape index (κ3) is 6.07. The van der Waals surface area contributed by atoms with Gasteiger partial charge in [-0.2, -0.15) is 0 Å². The number of hydrogen-bond acceptors (Lipinski definition) is 6. The summed E-state index contributed by atoms with van der Waals surface area (Å²) in [5, 5.41) is 0.285. The summed E-state index contributed by atoms with van der Waals surface area (Å²) in [4.78, 5) is 28.5. The summed E-state index contributed by atoms with van der Waals surface area (Å²) >= 11 is 0. The van der Waals surface area contributed by atoms with Crippen LogP contribution in [0.3, 0.4) is 0 Å². The first-order valence-electron chi connectivity index (χ1n) is 11.7. The van der Waals surface area contributed by atoms with Crippen LogP contribution in [0.15, 0.2) is 51.7 Å². The van der Waals surface area contributed by atoms with Gasteiger partial charge >= 0.3 is 0 Å². The van der Waals surface area contributed by atoms with E-state index >= 15 is 0 Å². The zero-order valence-electron chi connectivity index (χ0n) is 20.7. The standard InChI is InChI=1S/C27H33FN2O5/c1-17(2)25(30(12-6-11-29)24(31)16-33-3)27-22(14-18-7-5-8-20(13-18)34-4)26(32)21-10-9-19(28)15-23(21)35-27/h5,7-10,13,15,17,25H,6,11-12,14,16,29H2,1-4H3. The van der Waals surface area contributed by atoms with Crippen LogP contribution in [0.4, 0.5) is 4.39 Å². The summed E-state index contributed by atoms with van der Waals surface area (Å²) in [5.41, 5.74) is 6.89. The summed E-state index contributed by atoms with van der Waals surface area (Å²) in [6.45, 7) is 4.54. The number of methoxy groups -OCH3 is 2. The molecule has 0 radical (unpaired) electrons. The highest BCUT2D eigenvalue weighted by atomic mass is 19.1. The number of benzene rings is 2. The second kappa shape index (κ2) is 12.0. The van der Waals surface area contributed by atoms with Crippen molar-refractivity contribution in [2.75, 3.05) is 33.9 Å². The zero-order valence-corrected chi connectivity index (χ0v) is 20.7. The molecule has 3 rings (SSSR count). The quantitative estimate of drug-likeness (QED) is 0.441. The van der Waals surface area contributed by atoms with Crippen LogP contribution in [0.1, 0.15) is 43.2 Å². The molecule has 0 aliphatic carbocycles. The molecule has 1 atom stereocenters. The molecule has 0 fully saturated rings. The van der Waals surface area contributed by atoms with E-state index in [9.17, 15) is 14.0 Å². The normalized spacial score (nSPS) is 12.2. The molecule has 35 heavy (non-hydrogen) atoms. The average molecular weight is 485 g/mol. The fourth-order valence-corrected chi connectivity index (χ4v) is 4.31. The lowest BCUT2D eigenvalue weighted by molar-refractivity contribution is -0.139. The van der Waals surface area contributed by atoms with Gasteiger partial charge in [0.1, 0.15) is 29.5 Å². The van der Waals surface area contributed by atoms with Crippen molar-refractivity contribution in [3.05, 3.63) is 75.4 Å². The van der Waals surface area contributed by atoms with Gasteiger partial charge in [-0.3, -0.25) is 9.59 Å². The highest BCUT2D eigenvalue weighted by molar-refractivity contribution is 5.79. The van der Waals surface area contributed by atoms with Gasteiger partial charge in [0.15, 0.2) is 5.43 Å². The Labute approximate surface area is 204 Å². The van der Waals surface area contributed by atoms with E-state index in [1.807, 2.05) is 38.1 Å². The number of rotatable bonds is 11. The zero-order chi connectivity index (χ0) is 25.5. The number of nitrogens with two attached hydrogens (primary N) is 1. The summed E-state index contributed by atoms with van der Waals surface area (Å²) in [6.07, 6.45) is 0.824. The number of amides is 1. The van der Waals surface area contributed by atoms with E-state index in [1.54, 1.807) is 12.0 Å². The molecule has 8 heteroatoms. The minimum atomic E-state index is -0.579. The predicted molar refractivity (Wildman–Crippen MR) is 133 cm³/mol. The molecule has 3 aromatic rings. The molecular weight excluding hydrogens is 451 g/mol. The molecule has 0 spiro atoms. The Bertz CT molecular complexity index is 1220. The van der Waals surface area contributed by atoms with E-state index in [0.29, 0.717) is 36.6 Å². The first-order chi connectivity index (χ1) is 16.8. The second-order valence-electron chi connectivity index (χ2n) is 8.79. The molecular formula is C27H33FN2O5. The van der Waals surface area contributed by atoms with Crippen molar-refractivity contribution in [2.24, 2.45) is 11.7 Å². The van der Waals surface area contributed by atoms with Crippen LogP contribution in [0.25, 0.3) is 11.0 Å². The summed E-state index contributed by atoms with van der Waals surface area (Å²) < 4.78 is 30.8. The van der Waals surface area contributed by atoms with Gasteiger partial charge in [0.2, 0.25) is 5.91 Å². The van der Waals surface area contributed by atoms with Crippen LogP contribution in [0.5, 0.6) is 5.75 Å². The highest BCUT2D eigenvalue weighted by Crippen LogP contribution is 2.34. The van der Waals surface area contributed by atoms with Crippen LogP contribution in [0.2, 0.25) is 0 Å². The number of halogens is 1. The largest absolute Gasteiger partial charge is 0.497 e. The highest BCUT2D eigenvalue weighted by Gasteiger charge is 2.33. The van der Waals surface area contributed by atoms with Gasteiger partial charge in [-0.1, -0.05) is 26.0 Å². The van der Waals surface area contributed by atoms with Crippen LogP contribution in [0, 0.1) is 11.7 Å². The van der Waals surface area contributed by atoms with E-state index in [1.165, 1.54) is 25.3 Å². The number of fused-ring (bicyclic) bond motifs is 1. The lowest BCUT2D eigenvalue weighted by Crippen LogP contribution is -2.41. The summed E-state index contributed by atoms with van der Waals surface area (Å²) in [5.74, 6) is 0.133. The van der Waals surface area contributed by atoms with Crippen molar-refractivity contribution in [3.8, 4) is 5.75 Å². The monoisotopic (exact) mass is 484 g/mol. The van der Waals surface area contributed by atoms with E-state index in [0.717, 1.165) is 5.56 Å². The van der Waals surface area contributed by atoms with Gasteiger partial charge in [0.05, 0.1) is 18.5 Å². The molecule has 2 aromatic carbocycles. The predicted octanol–water partition coefficient (Wildman–Crippen LogP) is 4.05. The topological polar surface area (TPSA) is 95.0 Å². The Morgan fingerprint density at radius 2 is 1.94 bits per heavy atom. The molecule has 2 N–H and O–H groups in total. The van der Waals surface area contributed by atoms with Crippen molar-refractivity contribution in [3.63, 3.8) is 0 Å². The Morgan fingerprint density at radius 3 is 2.60 bits per heavy atom. The van der Waals surface area contributed by atoms with Gasteiger partial charge in [-0.15, -0.1) is 0 Å². The summed E-state index contributed by atoms with van der Waals surface area (Å²) in [6, 6.07) is 10.7. The Hall–Kier alpha value is -3.23. The van der Waals surface area contributed by atoms with Crippen molar-refractivity contribution in [1.29, 1.82) is 0 Å². The molecule has 188 valence electrons. The van der Waals surface area contributed by atoms with Gasteiger partial charge in [-0.05, 0) is 48.7 Å². The van der Waals surface area contributed by atoms with Crippen LogP contribution in [-0.2, 0) is 16.0 Å². The minimum absolute atomic E-state index is 0.119. The molecule has 1 amide bonds. The maximum atomic E-state index is 14.1. The molecule has 7 nitrogen and oxygen atoms in total. The van der Waals surface area contributed by atoms with E-state index in [-0.39, 0.29) is 41.3 Å². The number of carbonyl (C=O) groups excluding carboxylic acids is 1. The number of ether oxygens (including phenoxy) is 2. The molecule has 0 saturated heterocycles. The number of nitrogens with zero attached hydrogens (tertiary/aromatic N) is 1. The fraction of sp³-hybridized carbons (Fsp3) is 0.407. The Kier molecular flexibility index (Phi) is 9.01. The molecule has 1 aromatic heterocycles.